The topological polar surface area (TPSA) is 57.7 Å². The van der Waals surface area contributed by atoms with Crippen molar-refractivity contribution in [1.82, 2.24) is 9.80 Å². The number of carbonyl (C=O) groups excluding carboxylic acids is 3. The summed E-state index contributed by atoms with van der Waals surface area (Å²) in [6, 6.07) is 15.6. The SMILES string of the molecule is O=C([C@@H](Cc1ccccc1)N1C(=O)c2ccccc2C1=O)N1CCCCCCC1. The van der Waals surface area contributed by atoms with E-state index in [1.165, 1.54) is 11.3 Å². The Labute approximate surface area is 171 Å². The summed E-state index contributed by atoms with van der Waals surface area (Å²) in [5, 5.41) is 0. The van der Waals surface area contributed by atoms with Gasteiger partial charge in [0.15, 0.2) is 0 Å². The monoisotopic (exact) mass is 390 g/mol. The number of nitrogens with zero attached hydrogens (tertiary/aromatic N) is 2. The molecule has 0 bridgehead atoms. The fourth-order valence-electron chi connectivity index (χ4n) is 4.30. The Kier molecular flexibility index (Phi) is 5.74. The van der Waals surface area contributed by atoms with Gasteiger partial charge in [0.25, 0.3) is 11.8 Å². The molecule has 0 N–H and O–H groups in total. The summed E-state index contributed by atoms with van der Waals surface area (Å²) in [6.07, 6.45) is 5.69. The lowest BCUT2D eigenvalue weighted by molar-refractivity contribution is -0.135. The number of imide groups is 1. The second-order valence-corrected chi connectivity index (χ2v) is 7.82. The molecule has 1 fully saturated rings. The second kappa shape index (κ2) is 8.60. The summed E-state index contributed by atoms with van der Waals surface area (Å²) >= 11 is 0. The molecule has 2 aliphatic rings. The van der Waals surface area contributed by atoms with Crippen molar-refractivity contribution in [2.45, 2.75) is 44.6 Å². The first-order chi connectivity index (χ1) is 14.2. The molecule has 2 aromatic rings. The van der Waals surface area contributed by atoms with Crippen molar-refractivity contribution in [2.75, 3.05) is 13.1 Å². The van der Waals surface area contributed by atoms with Crippen LogP contribution in [0.2, 0.25) is 0 Å². The third-order valence-corrected chi connectivity index (χ3v) is 5.86. The molecule has 0 saturated carbocycles. The molecule has 2 aromatic carbocycles. The van der Waals surface area contributed by atoms with Crippen LogP contribution in [0.4, 0.5) is 0 Å². The molecule has 0 aliphatic carbocycles. The van der Waals surface area contributed by atoms with Crippen LogP contribution < -0.4 is 0 Å². The van der Waals surface area contributed by atoms with E-state index in [2.05, 4.69) is 0 Å². The third kappa shape index (κ3) is 3.95. The van der Waals surface area contributed by atoms with Gasteiger partial charge in [0.05, 0.1) is 11.1 Å². The smallest absolute Gasteiger partial charge is 0.262 e. The summed E-state index contributed by atoms with van der Waals surface area (Å²) in [5.74, 6) is -0.857. The maximum Gasteiger partial charge on any atom is 0.262 e. The predicted octanol–water partition coefficient (Wildman–Crippen LogP) is 3.69. The van der Waals surface area contributed by atoms with Gasteiger partial charge in [0.1, 0.15) is 6.04 Å². The zero-order chi connectivity index (χ0) is 20.2. The number of hydrogen-bond donors (Lipinski definition) is 0. The molecular weight excluding hydrogens is 364 g/mol. The predicted molar refractivity (Wildman–Crippen MR) is 111 cm³/mol. The summed E-state index contributed by atoms with van der Waals surface area (Å²) < 4.78 is 0. The standard InChI is InChI=1S/C24H26N2O3/c27-22-19-13-7-8-14-20(19)23(28)26(22)21(17-18-11-5-4-6-12-18)24(29)25-15-9-2-1-3-10-16-25/h4-8,11-14,21H,1-3,9-10,15-17H2/t21-/m1/s1. The minimum Gasteiger partial charge on any atom is -0.341 e. The molecule has 5 nitrogen and oxygen atoms in total. The normalized spacial score (nSPS) is 18.2. The van der Waals surface area contributed by atoms with Gasteiger partial charge in [-0.2, -0.15) is 0 Å². The Morgan fingerprint density at radius 3 is 1.86 bits per heavy atom. The van der Waals surface area contributed by atoms with Crippen LogP contribution >= 0.6 is 0 Å². The largest absolute Gasteiger partial charge is 0.341 e. The van der Waals surface area contributed by atoms with Crippen LogP contribution in [0, 0.1) is 0 Å². The first-order valence-corrected chi connectivity index (χ1v) is 10.5. The molecule has 2 heterocycles. The number of fused-ring (bicyclic) bond motifs is 1. The molecule has 0 spiro atoms. The zero-order valence-corrected chi connectivity index (χ0v) is 16.5. The van der Waals surface area contributed by atoms with Gasteiger partial charge in [-0.25, -0.2) is 0 Å². The van der Waals surface area contributed by atoms with Crippen molar-refractivity contribution >= 4 is 17.7 Å². The summed E-state index contributed by atoms with van der Waals surface area (Å²) in [7, 11) is 0. The lowest BCUT2D eigenvalue weighted by Gasteiger charge is -2.32. The Balaban J connectivity index is 1.66. The highest BCUT2D eigenvalue weighted by Crippen LogP contribution is 2.27. The van der Waals surface area contributed by atoms with E-state index in [4.69, 9.17) is 0 Å². The molecule has 0 unspecified atom stereocenters. The number of benzene rings is 2. The van der Waals surface area contributed by atoms with Crippen molar-refractivity contribution in [1.29, 1.82) is 0 Å². The van der Waals surface area contributed by atoms with Crippen molar-refractivity contribution in [2.24, 2.45) is 0 Å². The molecule has 3 amide bonds. The zero-order valence-electron chi connectivity index (χ0n) is 16.5. The van der Waals surface area contributed by atoms with E-state index in [1.807, 2.05) is 35.2 Å². The summed E-state index contributed by atoms with van der Waals surface area (Å²) in [6.45, 7) is 1.38. The molecule has 29 heavy (non-hydrogen) atoms. The quantitative estimate of drug-likeness (QED) is 0.748. The van der Waals surface area contributed by atoms with Gasteiger partial charge in [-0.05, 0) is 30.5 Å². The second-order valence-electron chi connectivity index (χ2n) is 7.82. The molecule has 1 atom stereocenters. The number of hydrogen-bond acceptors (Lipinski definition) is 3. The summed E-state index contributed by atoms with van der Waals surface area (Å²) in [4.78, 5) is 42.8. The van der Waals surface area contributed by atoms with Crippen LogP contribution in [0.1, 0.15) is 58.4 Å². The van der Waals surface area contributed by atoms with E-state index in [0.29, 0.717) is 30.6 Å². The van der Waals surface area contributed by atoms with Crippen molar-refractivity contribution in [3.8, 4) is 0 Å². The van der Waals surface area contributed by atoms with Crippen molar-refractivity contribution in [3.63, 3.8) is 0 Å². The Morgan fingerprint density at radius 2 is 1.28 bits per heavy atom. The first-order valence-electron chi connectivity index (χ1n) is 10.5. The van der Waals surface area contributed by atoms with E-state index < -0.39 is 6.04 Å². The maximum absolute atomic E-state index is 13.6. The van der Waals surface area contributed by atoms with E-state index in [9.17, 15) is 14.4 Å². The lowest BCUT2D eigenvalue weighted by atomic mass is 10.0. The van der Waals surface area contributed by atoms with E-state index in [0.717, 1.165) is 31.2 Å². The van der Waals surface area contributed by atoms with Crippen LogP contribution in [0.5, 0.6) is 0 Å². The highest BCUT2D eigenvalue weighted by molar-refractivity contribution is 6.22. The van der Waals surface area contributed by atoms with Gasteiger partial charge in [-0.15, -0.1) is 0 Å². The van der Waals surface area contributed by atoms with E-state index in [-0.39, 0.29) is 17.7 Å². The minimum atomic E-state index is -0.816. The Morgan fingerprint density at radius 1 is 0.759 bits per heavy atom. The van der Waals surface area contributed by atoms with Gasteiger partial charge in [0.2, 0.25) is 5.91 Å². The molecule has 150 valence electrons. The third-order valence-electron chi connectivity index (χ3n) is 5.86. The van der Waals surface area contributed by atoms with E-state index in [1.54, 1.807) is 24.3 Å². The number of likely N-dealkylation sites (tertiary alicyclic amines) is 1. The molecular formula is C24H26N2O3. The fourth-order valence-corrected chi connectivity index (χ4v) is 4.30. The average Bonchev–Trinajstić information content (AvgIpc) is 2.97. The lowest BCUT2D eigenvalue weighted by Crippen LogP contribution is -2.52. The van der Waals surface area contributed by atoms with Gasteiger partial charge >= 0.3 is 0 Å². The highest BCUT2D eigenvalue weighted by Gasteiger charge is 2.43. The van der Waals surface area contributed by atoms with Gasteiger partial charge in [0, 0.05) is 19.5 Å². The number of carbonyl (C=O) groups is 3. The maximum atomic E-state index is 13.6. The molecule has 1 saturated heterocycles. The van der Waals surface area contributed by atoms with Gasteiger partial charge < -0.3 is 4.90 Å². The van der Waals surface area contributed by atoms with Crippen molar-refractivity contribution < 1.29 is 14.4 Å². The van der Waals surface area contributed by atoms with Crippen molar-refractivity contribution in [3.05, 3.63) is 71.3 Å². The highest BCUT2D eigenvalue weighted by atomic mass is 16.2. The van der Waals surface area contributed by atoms with E-state index >= 15 is 0 Å². The van der Waals surface area contributed by atoms with Crippen LogP contribution in [-0.2, 0) is 11.2 Å². The van der Waals surface area contributed by atoms with Gasteiger partial charge in [-0.3, -0.25) is 19.3 Å². The average molecular weight is 390 g/mol. The number of rotatable bonds is 4. The minimum absolute atomic E-state index is 0.120. The Bertz CT molecular complexity index is 866. The molecule has 2 aliphatic heterocycles. The summed E-state index contributed by atoms with van der Waals surface area (Å²) in [5.41, 5.74) is 1.71. The van der Waals surface area contributed by atoms with Crippen LogP contribution in [-0.4, -0.2) is 46.7 Å². The van der Waals surface area contributed by atoms with Crippen LogP contribution in [0.15, 0.2) is 54.6 Å². The molecule has 0 aromatic heterocycles. The van der Waals surface area contributed by atoms with Gasteiger partial charge in [-0.1, -0.05) is 61.7 Å². The van der Waals surface area contributed by atoms with Crippen LogP contribution in [0.25, 0.3) is 0 Å². The molecule has 4 rings (SSSR count). The molecule has 0 radical (unpaired) electrons. The number of amides is 3. The Hall–Kier alpha value is -2.95. The fraction of sp³-hybridized carbons (Fsp3) is 0.375. The molecule has 5 heteroatoms. The first kappa shape index (κ1) is 19.4. The van der Waals surface area contributed by atoms with Crippen LogP contribution in [0.3, 0.4) is 0 Å².